The predicted molar refractivity (Wildman–Crippen MR) is 55.0 cm³/mol. The molecule has 0 radical (unpaired) electrons. The third-order valence-corrected chi connectivity index (χ3v) is 2.91. The molecule has 0 aromatic rings. The van der Waals surface area contributed by atoms with Crippen LogP contribution in [0.2, 0.25) is 0 Å². The maximum absolute atomic E-state index is 11.9. The van der Waals surface area contributed by atoms with E-state index < -0.39 is 5.54 Å². The first-order chi connectivity index (χ1) is 6.47. The number of nitrogens with one attached hydrogen (secondary N) is 1. The van der Waals surface area contributed by atoms with E-state index in [9.17, 15) is 9.90 Å². The first kappa shape index (κ1) is 11.5. The van der Waals surface area contributed by atoms with Crippen molar-refractivity contribution < 1.29 is 9.90 Å². The van der Waals surface area contributed by atoms with Crippen molar-refractivity contribution in [1.82, 2.24) is 10.2 Å². The molecule has 1 aliphatic rings. The Morgan fingerprint density at radius 1 is 1.43 bits per heavy atom. The van der Waals surface area contributed by atoms with Crippen LogP contribution in [0.1, 0.15) is 26.7 Å². The first-order valence-corrected chi connectivity index (χ1v) is 5.13. The van der Waals surface area contributed by atoms with Crippen LogP contribution in [-0.4, -0.2) is 47.7 Å². The Hall–Kier alpha value is -0.610. The number of likely N-dealkylation sites (N-methyl/N-ethyl adjacent to an activating group) is 1. The van der Waals surface area contributed by atoms with Crippen molar-refractivity contribution in [3.63, 3.8) is 0 Å². The van der Waals surface area contributed by atoms with Crippen LogP contribution in [0.25, 0.3) is 0 Å². The molecule has 4 nitrogen and oxygen atoms in total. The van der Waals surface area contributed by atoms with E-state index in [1.807, 2.05) is 18.7 Å². The fourth-order valence-electron chi connectivity index (χ4n) is 1.57. The number of likely N-dealkylation sites (tertiary alicyclic amines) is 1. The number of nitrogens with zero attached hydrogens (tertiary/aromatic N) is 1. The zero-order chi connectivity index (χ0) is 10.8. The number of hydrogen-bond donors (Lipinski definition) is 2. The fraction of sp³-hybridized carbons (Fsp3) is 0.900. The molecule has 0 saturated carbocycles. The number of hydrogen-bond acceptors (Lipinski definition) is 3. The summed E-state index contributed by atoms with van der Waals surface area (Å²) in [6.45, 7) is 5.09. The number of piperidine rings is 1. The molecule has 0 atom stereocenters. The van der Waals surface area contributed by atoms with Crippen LogP contribution in [-0.2, 0) is 4.79 Å². The van der Waals surface area contributed by atoms with Crippen molar-refractivity contribution in [1.29, 1.82) is 0 Å². The SMILES string of the molecule is CNC(C)(C)C(=O)N1CCC(O)CC1. The van der Waals surface area contributed by atoms with Gasteiger partial charge in [-0.2, -0.15) is 0 Å². The molecular weight excluding hydrogens is 180 g/mol. The predicted octanol–water partition coefficient (Wildman–Crippen LogP) is -0.0323. The topological polar surface area (TPSA) is 52.6 Å². The summed E-state index contributed by atoms with van der Waals surface area (Å²) >= 11 is 0. The minimum Gasteiger partial charge on any atom is -0.393 e. The Labute approximate surface area is 85.3 Å². The van der Waals surface area contributed by atoms with Gasteiger partial charge >= 0.3 is 0 Å². The van der Waals surface area contributed by atoms with E-state index in [-0.39, 0.29) is 12.0 Å². The minimum atomic E-state index is -0.498. The fourth-order valence-corrected chi connectivity index (χ4v) is 1.57. The van der Waals surface area contributed by atoms with Gasteiger partial charge in [0.25, 0.3) is 0 Å². The maximum atomic E-state index is 11.9. The van der Waals surface area contributed by atoms with Crippen LogP contribution in [0.3, 0.4) is 0 Å². The zero-order valence-electron chi connectivity index (χ0n) is 9.21. The number of carbonyl (C=O) groups is 1. The minimum absolute atomic E-state index is 0.118. The largest absolute Gasteiger partial charge is 0.393 e. The number of aliphatic hydroxyl groups is 1. The molecule has 0 aliphatic carbocycles. The molecule has 1 rings (SSSR count). The van der Waals surface area contributed by atoms with Crippen LogP contribution in [0.5, 0.6) is 0 Å². The second kappa shape index (κ2) is 4.28. The standard InChI is InChI=1S/C10H20N2O2/c1-10(2,11-3)9(14)12-6-4-8(13)5-7-12/h8,11,13H,4-7H2,1-3H3. The highest BCUT2D eigenvalue weighted by Gasteiger charge is 2.32. The number of carbonyl (C=O) groups excluding carboxylic acids is 1. The Bertz CT molecular complexity index is 208. The molecule has 14 heavy (non-hydrogen) atoms. The molecule has 0 aromatic heterocycles. The third kappa shape index (κ3) is 2.45. The van der Waals surface area contributed by atoms with E-state index in [1.54, 1.807) is 7.05 Å². The lowest BCUT2D eigenvalue weighted by molar-refractivity contribution is -0.138. The van der Waals surface area contributed by atoms with Gasteiger partial charge in [-0.3, -0.25) is 4.79 Å². The van der Waals surface area contributed by atoms with Gasteiger partial charge < -0.3 is 15.3 Å². The van der Waals surface area contributed by atoms with E-state index >= 15 is 0 Å². The summed E-state index contributed by atoms with van der Waals surface area (Å²) in [5.74, 6) is 0.118. The van der Waals surface area contributed by atoms with Gasteiger partial charge in [-0.25, -0.2) is 0 Å². The molecule has 0 bridgehead atoms. The van der Waals surface area contributed by atoms with E-state index in [0.29, 0.717) is 25.9 Å². The highest BCUT2D eigenvalue weighted by Crippen LogP contribution is 2.14. The molecular formula is C10H20N2O2. The van der Waals surface area contributed by atoms with E-state index in [2.05, 4.69) is 5.32 Å². The molecule has 1 aliphatic heterocycles. The van der Waals surface area contributed by atoms with Crippen LogP contribution in [0.4, 0.5) is 0 Å². The molecule has 1 fully saturated rings. The van der Waals surface area contributed by atoms with Crippen LogP contribution in [0.15, 0.2) is 0 Å². The van der Waals surface area contributed by atoms with Gasteiger partial charge in [-0.1, -0.05) is 0 Å². The van der Waals surface area contributed by atoms with E-state index in [4.69, 9.17) is 0 Å². The van der Waals surface area contributed by atoms with Gasteiger partial charge in [0.2, 0.25) is 5.91 Å². The lowest BCUT2D eigenvalue weighted by Gasteiger charge is -2.35. The van der Waals surface area contributed by atoms with Crippen LogP contribution < -0.4 is 5.32 Å². The maximum Gasteiger partial charge on any atom is 0.242 e. The van der Waals surface area contributed by atoms with Crippen molar-refractivity contribution in [2.75, 3.05) is 20.1 Å². The lowest BCUT2D eigenvalue weighted by Crippen LogP contribution is -2.54. The van der Waals surface area contributed by atoms with Crippen molar-refractivity contribution in [2.45, 2.75) is 38.3 Å². The molecule has 82 valence electrons. The van der Waals surface area contributed by atoms with Gasteiger partial charge in [-0.15, -0.1) is 0 Å². The van der Waals surface area contributed by atoms with Crippen molar-refractivity contribution in [2.24, 2.45) is 0 Å². The first-order valence-electron chi connectivity index (χ1n) is 5.13. The van der Waals surface area contributed by atoms with Crippen LogP contribution >= 0.6 is 0 Å². The molecule has 2 N–H and O–H groups in total. The molecule has 0 spiro atoms. The van der Waals surface area contributed by atoms with Crippen LogP contribution in [0, 0.1) is 0 Å². The normalized spacial score (nSPS) is 19.9. The summed E-state index contributed by atoms with van der Waals surface area (Å²) in [5, 5.41) is 12.3. The van der Waals surface area contributed by atoms with Gasteiger partial charge in [0.1, 0.15) is 0 Å². The summed E-state index contributed by atoms with van der Waals surface area (Å²) in [5.41, 5.74) is -0.498. The molecule has 0 unspecified atom stereocenters. The second-order valence-electron chi connectivity index (χ2n) is 4.40. The quantitative estimate of drug-likeness (QED) is 0.658. The van der Waals surface area contributed by atoms with Crippen molar-refractivity contribution >= 4 is 5.91 Å². The summed E-state index contributed by atoms with van der Waals surface area (Å²) in [7, 11) is 1.79. The lowest BCUT2D eigenvalue weighted by atomic mass is 10.0. The Balaban J connectivity index is 2.54. The number of aliphatic hydroxyl groups excluding tert-OH is 1. The Kier molecular flexibility index (Phi) is 3.50. The van der Waals surface area contributed by atoms with Gasteiger partial charge in [0.15, 0.2) is 0 Å². The zero-order valence-corrected chi connectivity index (χ0v) is 9.21. The molecule has 1 saturated heterocycles. The average molecular weight is 200 g/mol. The molecule has 1 heterocycles. The van der Waals surface area contributed by atoms with Gasteiger partial charge in [-0.05, 0) is 33.7 Å². The van der Waals surface area contributed by atoms with E-state index in [1.165, 1.54) is 0 Å². The molecule has 0 aromatic carbocycles. The summed E-state index contributed by atoms with van der Waals surface area (Å²) in [6.07, 6.45) is 1.17. The Morgan fingerprint density at radius 3 is 2.36 bits per heavy atom. The van der Waals surface area contributed by atoms with Crippen molar-refractivity contribution in [3.8, 4) is 0 Å². The van der Waals surface area contributed by atoms with E-state index in [0.717, 1.165) is 0 Å². The Morgan fingerprint density at radius 2 is 1.93 bits per heavy atom. The van der Waals surface area contributed by atoms with Gasteiger partial charge in [0, 0.05) is 13.1 Å². The summed E-state index contributed by atoms with van der Waals surface area (Å²) < 4.78 is 0. The highest BCUT2D eigenvalue weighted by atomic mass is 16.3. The third-order valence-electron chi connectivity index (χ3n) is 2.91. The smallest absolute Gasteiger partial charge is 0.242 e. The molecule has 1 amide bonds. The number of amides is 1. The highest BCUT2D eigenvalue weighted by molar-refractivity contribution is 5.85. The monoisotopic (exact) mass is 200 g/mol. The molecule has 4 heteroatoms. The summed E-state index contributed by atoms with van der Waals surface area (Å²) in [4.78, 5) is 13.8. The second-order valence-corrected chi connectivity index (χ2v) is 4.40. The average Bonchev–Trinajstić information content (AvgIpc) is 2.18. The van der Waals surface area contributed by atoms with Gasteiger partial charge in [0.05, 0.1) is 11.6 Å². The summed E-state index contributed by atoms with van der Waals surface area (Å²) in [6, 6.07) is 0. The van der Waals surface area contributed by atoms with Crippen molar-refractivity contribution in [3.05, 3.63) is 0 Å². The number of rotatable bonds is 2.